The first-order valence-electron chi connectivity index (χ1n) is 12.1. The lowest BCUT2D eigenvalue weighted by Gasteiger charge is -2.24. The average molecular weight is 499 g/mol. The number of likely N-dealkylation sites (N-methyl/N-ethyl adjacent to an activating group) is 1. The molecule has 0 radical (unpaired) electrons. The Balaban J connectivity index is 2.06. The Hall–Kier alpha value is -3.69. The average Bonchev–Trinajstić information content (AvgIpc) is 2.81. The Kier molecular flexibility index (Phi) is 9.77. The van der Waals surface area contributed by atoms with Crippen molar-refractivity contribution in [2.75, 3.05) is 25.5 Å². The smallest absolute Gasteiger partial charge is 0.410 e. The Bertz CT molecular complexity index is 1100. The van der Waals surface area contributed by atoms with Gasteiger partial charge in [-0.25, -0.2) is 14.8 Å². The zero-order chi connectivity index (χ0) is 27.0. The van der Waals surface area contributed by atoms with Crippen LogP contribution in [0.5, 0.6) is 0 Å². The highest BCUT2D eigenvalue weighted by Gasteiger charge is 2.21. The number of amides is 3. The molecule has 0 bridgehead atoms. The second kappa shape index (κ2) is 12.3. The van der Waals surface area contributed by atoms with Gasteiger partial charge < -0.3 is 26.0 Å². The molecular formula is C26H38N6O4. The number of aromatic nitrogens is 2. The van der Waals surface area contributed by atoms with Gasteiger partial charge in [0.05, 0.1) is 11.4 Å². The molecule has 36 heavy (non-hydrogen) atoms. The van der Waals surface area contributed by atoms with Crippen molar-refractivity contribution in [1.82, 2.24) is 20.2 Å². The highest BCUT2D eigenvalue weighted by molar-refractivity contribution is 5.96. The lowest BCUT2D eigenvalue weighted by atomic mass is 10.0. The summed E-state index contributed by atoms with van der Waals surface area (Å²) in [6.07, 6.45) is 0.786. The number of anilines is 2. The molecule has 1 aromatic carbocycles. The van der Waals surface area contributed by atoms with Crippen molar-refractivity contribution in [3.05, 3.63) is 46.9 Å². The summed E-state index contributed by atoms with van der Waals surface area (Å²) >= 11 is 0. The maximum Gasteiger partial charge on any atom is 0.410 e. The molecule has 0 saturated heterocycles. The summed E-state index contributed by atoms with van der Waals surface area (Å²) < 4.78 is 5.27. The zero-order valence-electron chi connectivity index (χ0n) is 22.3. The summed E-state index contributed by atoms with van der Waals surface area (Å²) in [5.74, 6) is -0.627. The molecule has 1 atom stereocenters. The molecular weight excluding hydrogens is 460 g/mol. The van der Waals surface area contributed by atoms with Crippen LogP contribution in [0.1, 0.15) is 74.9 Å². The van der Waals surface area contributed by atoms with Crippen LogP contribution in [0.3, 0.4) is 0 Å². The number of benzene rings is 1. The number of hydrogen-bond acceptors (Lipinski definition) is 7. The topological polar surface area (TPSA) is 140 Å². The van der Waals surface area contributed by atoms with E-state index < -0.39 is 17.6 Å². The number of nitrogens with one attached hydrogen (secondary N) is 2. The molecule has 2 aromatic rings. The number of ether oxygens (including phenoxy) is 1. The maximum absolute atomic E-state index is 12.3. The summed E-state index contributed by atoms with van der Waals surface area (Å²) in [7, 11) is 1.52. The van der Waals surface area contributed by atoms with Gasteiger partial charge in [0.15, 0.2) is 11.5 Å². The third-order valence-electron chi connectivity index (χ3n) is 5.36. The molecule has 0 aliphatic heterocycles. The third-order valence-corrected chi connectivity index (χ3v) is 5.36. The molecule has 0 spiro atoms. The number of rotatable bonds is 10. The molecule has 196 valence electrons. The Morgan fingerprint density at radius 1 is 1.11 bits per heavy atom. The standard InChI is InChI=1S/C26H38N6O4/c1-8-19-20(9-2)31-24(22(30-19)23(27)34)29-18-12-10-11-17(13-18)16(3)14-28-21(33)15-32(7)25(35)36-26(4,5)6/h10-13,16H,8-9,14-15H2,1-7H3,(H2,27,34)(H,28,33)(H,29,31)/t16-/m1/s1. The molecule has 10 heteroatoms. The van der Waals surface area contributed by atoms with Gasteiger partial charge in [-0.2, -0.15) is 0 Å². The molecule has 0 aliphatic rings. The van der Waals surface area contributed by atoms with Crippen LogP contribution >= 0.6 is 0 Å². The van der Waals surface area contributed by atoms with Crippen LogP contribution < -0.4 is 16.4 Å². The molecule has 1 aromatic heterocycles. The molecule has 0 fully saturated rings. The fourth-order valence-electron chi connectivity index (χ4n) is 3.45. The van der Waals surface area contributed by atoms with Crippen molar-refractivity contribution in [1.29, 1.82) is 0 Å². The van der Waals surface area contributed by atoms with Crippen molar-refractivity contribution in [2.24, 2.45) is 5.73 Å². The minimum atomic E-state index is -0.647. The lowest BCUT2D eigenvalue weighted by molar-refractivity contribution is -0.122. The van der Waals surface area contributed by atoms with E-state index in [0.717, 1.165) is 22.6 Å². The fraction of sp³-hybridized carbons (Fsp3) is 0.500. The number of primary amides is 1. The van der Waals surface area contributed by atoms with Gasteiger partial charge in [-0.3, -0.25) is 9.59 Å². The van der Waals surface area contributed by atoms with E-state index >= 15 is 0 Å². The van der Waals surface area contributed by atoms with Gasteiger partial charge in [0.1, 0.15) is 12.1 Å². The summed E-state index contributed by atoms with van der Waals surface area (Å²) in [5, 5.41) is 6.04. The second-order valence-electron chi connectivity index (χ2n) is 9.68. The first kappa shape index (κ1) is 28.5. The summed E-state index contributed by atoms with van der Waals surface area (Å²) in [6.45, 7) is 11.5. The van der Waals surface area contributed by atoms with Crippen molar-refractivity contribution in [2.45, 2.75) is 65.9 Å². The van der Waals surface area contributed by atoms with Crippen LogP contribution in [0.25, 0.3) is 0 Å². The Morgan fingerprint density at radius 2 is 1.75 bits per heavy atom. The van der Waals surface area contributed by atoms with E-state index in [4.69, 9.17) is 10.5 Å². The Labute approximate surface area is 213 Å². The van der Waals surface area contributed by atoms with Gasteiger partial charge in [-0.05, 0) is 57.2 Å². The minimum absolute atomic E-state index is 0.0158. The lowest BCUT2D eigenvalue weighted by Crippen LogP contribution is -2.41. The van der Waals surface area contributed by atoms with E-state index in [2.05, 4.69) is 20.6 Å². The number of nitrogens with two attached hydrogens (primary N) is 1. The van der Waals surface area contributed by atoms with E-state index in [1.807, 2.05) is 45.0 Å². The van der Waals surface area contributed by atoms with Gasteiger partial charge >= 0.3 is 6.09 Å². The number of carbonyl (C=O) groups excluding carboxylic acids is 3. The number of aryl methyl sites for hydroxylation is 2. The van der Waals surface area contributed by atoms with Crippen LogP contribution in [0.2, 0.25) is 0 Å². The highest BCUT2D eigenvalue weighted by Crippen LogP contribution is 2.24. The Morgan fingerprint density at radius 3 is 2.33 bits per heavy atom. The molecule has 3 amide bonds. The van der Waals surface area contributed by atoms with Crippen molar-refractivity contribution in [3.63, 3.8) is 0 Å². The van der Waals surface area contributed by atoms with E-state index in [0.29, 0.717) is 25.2 Å². The van der Waals surface area contributed by atoms with Gasteiger partial charge in [0, 0.05) is 19.3 Å². The van der Waals surface area contributed by atoms with Crippen molar-refractivity contribution in [3.8, 4) is 0 Å². The van der Waals surface area contributed by atoms with Crippen molar-refractivity contribution < 1.29 is 19.1 Å². The molecule has 0 unspecified atom stereocenters. The summed E-state index contributed by atoms with van der Waals surface area (Å²) in [4.78, 5) is 46.7. The first-order chi connectivity index (χ1) is 16.8. The van der Waals surface area contributed by atoms with Crippen LogP contribution in [0.4, 0.5) is 16.3 Å². The van der Waals surface area contributed by atoms with Gasteiger partial charge in [-0.1, -0.05) is 32.9 Å². The van der Waals surface area contributed by atoms with Crippen molar-refractivity contribution >= 4 is 29.4 Å². The van der Waals surface area contributed by atoms with Gasteiger partial charge in [-0.15, -0.1) is 0 Å². The summed E-state index contributed by atoms with van der Waals surface area (Å²) in [5.41, 5.74) is 8.29. The van der Waals surface area contributed by atoms with E-state index in [1.54, 1.807) is 20.8 Å². The van der Waals surface area contributed by atoms with Crippen LogP contribution in [-0.4, -0.2) is 58.5 Å². The molecule has 10 nitrogen and oxygen atoms in total. The molecule has 0 saturated carbocycles. The highest BCUT2D eigenvalue weighted by atomic mass is 16.6. The summed E-state index contributed by atoms with van der Waals surface area (Å²) in [6, 6.07) is 7.61. The SMILES string of the molecule is CCc1nc(Nc2cccc([C@H](C)CNC(=O)CN(C)C(=O)OC(C)(C)C)c2)c(C(N)=O)nc1CC. The maximum atomic E-state index is 12.3. The fourth-order valence-corrected chi connectivity index (χ4v) is 3.45. The number of nitrogens with zero attached hydrogens (tertiary/aromatic N) is 3. The largest absolute Gasteiger partial charge is 0.444 e. The second-order valence-corrected chi connectivity index (χ2v) is 9.68. The molecule has 0 aliphatic carbocycles. The first-order valence-corrected chi connectivity index (χ1v) is 12.1. The van der Waals surface area contributed by atoms with Crippen LogP contribution in [0.15, 0.2) is 24.3 Å². The predicted octanol–water partition coefficient (Wildman–Crippen LogP) is 3.53. The van der Waals surface area contributed by atoms with E-state index in [9.17, 15) is 14.4 Å². The molecule has 1 heterocycles. The van der Waals surface area contributed by atoms with Crippen LogP contribution in [0, 0.1) is 0 Å². The quantitative estimate of drug-likeness (QED) is 0.455. The van der Waals surface area contributed by atoms with E-state index in [-0.39, 0.29) is 24.1 Å². The zero-order valence-corrected chi connectivity index (χ0v) is 22.3. The molecule has 4 N–H and O–H groups in total. The monoisotopic (exact) mass is 498 g/mol. The molecule has 2 rings (SSSR count). The minimum Gasteiger partial charge on any atom is -0.444 e. The van der Waals surface area contributed by atoms with Gasteiger partial charge in [0.25, 0.3) is 5.91 Å². The van der Waals surface area contributed by atoms with Gasteiger partial charge in [0.2, 0.25) is 5.91 Å². The normalized spacial score (nSPS) is 12.0. The third kappa shape index (κ3) is 8.21. The predicted molar refractivity (Wildman–Crippen MR) is 139 cm³/mol. The van der Waals surface area contributed by atoms with E-state index in [1.165, 1.54) is 11.9 Å². The van der Waals surface area contributed by atoms with Crippen LogP contribution in [-0.2, 0) is 22.4 Å². The number of hydrogen-bond donors (Lipinski definition) is 3. The number of carbonyl (C=O) groups is 3.